The number of carboxylic acids is 2. The van der Waals surface area contributed by atoms with E-state index in [-0.39, 0.29) is 50.5 Å². The van der Waals surface area contributed by atoms with Crippen molar-refractivity contribution in [2.45, 2.75) is 77.6 Å². The highest BCUT2D eigenvalue weighted by Gasteiger charge is 2.36. The van der Waals surface area contributed by atoms with Gasteiger partial charge < -0.3 is 40.5 Å². The van der Waals surface area contributed by atoms with Crippen LogP contribution in [0.15, 0.2) is 72.8 Å². The molecule has 4 aromatic rings. The van der Waals surface area contributed by atoms with Gasteiger partial charge in [-0.25, -0.2) is 0 Å². The predicted octanol–water partition coefficient (Wildman–Crippen LogP) is 7.02. The van der Waals surface area contributed by atoms with E-state index in [9.17, 15) is 46.1 Å². The molecule has 56 heavy (non-hydrogen) atoms. The number of aliphatic carboxylic acids is 2. The number of hydrogen-bond donors (Lipinski definition) is 6. The van der Waals surface area contributed by atoms with Crippen molar-refractivity contribution in [1.82, 2.24) is 10.6 Å². The van der Waals surface area contributed by atoms with Crippen molar-refractivity contribution < 1.29 is 65.8 Å². The predicted molar refractivity (Wildman–Crippen MR) is 193 cm³/mol. The molecule has 16 heteroatoms. The van der Waals surface area contributed by atoms with Gasteiger partial charge in [-0.05, 0) is 82.6 Å². The van der Waals surface area contributed by atoms with Crippen LogP contribution in [0.5, 0.6) is 11.5 Å². The molecule has 4 rings (SSSR count). The van der Waals surface area contributed by atoms with E-state index in [4.69, 9.17) is 19.7 Å². The van der Waals surface area contributed by atoms with Crippen LogP contribution in [0.4, 0.5) is 26.3 Å². The highest BCUT2D eigenvalue weighted by atomic mass is 19.4. The van der Waals surface area contributed by atoms with Crippen LogP contribution in [-0.4, -0.2) is 57.7 Å². The summed E-state index contributed by atoms with van der Waals surface area (Å²) in [6.07, 6.45) is -12.9. The number of carboxylic acid groups (broad SMARTS) is 2. The van der Waals surface area contributed by atoms with E-state index in [1.807, 2.05) is 12.1 Å². The minimum atomic E-state index is -4.75. The van der Waals surface area contributed by atoms with Gasteiger partial charge in [-0.15, -0.1) is 0 Å². The van der Waals surface area contributed by atoms with Crippen molar-refractivity contribution in [3.05, 3.63) is 117 Å². The smallest absolute Gasteiger partial charge is 0.419 e. The Morgan fingerprint density at radius 3 is 1.34 bits per heavy atom. The first-order valence-electron chi connectivity index (χ1n) is 17.4. The minimum Gasteiger partial charge on any atom is -0.488 e. The van der Waals surface area contributed by atoms with Crippen LogP contribution in [0, 0.1) is 13.8 Å². The first-order valence-corrected chi connectivity index (χ1v) is 17.4. The average molecular weight is 793 g/mol. The lowest BCUT2D eigenvalue weighted by Crippen LogP contribution is -2.28. The van der Waals surface area contributed by atoms with Gasteiger partial charge >= 0.3 is 24.3 Å². The van der Waals surface area contributed by atoms with Crippen LogP contribution in [-0.2, 0) is 48.2 Å². The fourth-order valence-corrected chi connectivity index (χ4v) is 5.96. The molecule has 0 saturated heterocycles. The minimum absolute atomic E-state index is 0.0522. The van der Waals surface area contributed by atoms with E-state index < -0.39 is 72.0 Å². The standard InChI is InChI=1S/C40H42F6N2O8/c1-23-27(21-55-35-11-9-25(13-33(35)39(41,42)43)17-47-19-29(49)15-37(51)52)5-3-7-31(23)32-8-4-6-28(24(32)2)22-56-36-12-10-26(14-34(36)40(44,45)46)18-48-20-30(50)16-38(53)54/h3-14,29-30,47-50H,15-22H2,1-2H3,(H,51,52)(H,53,54)/t29-,30-/m0/s1. The average Bonchev–Trinajstić information content (AvgIpc) is 3.10. The van der Waals surface area contributed by atoms with Gasteiger partial charge in [-0.1, -0.05) is 48.5 Å². The van der Waals surface area contributed by atoms with Gasteiger partial charge in [0.25, 0.3) is 0 Å². The summed E-state index contributed by atoms with van der Waals surface area (Å²) in [5.41, 5.74) is 2.55. The van der Waals surface area contributed by atoms with Crippen molar-refractivity contribution in [3.8, 4) is 22.6 Å². The van der Waals surface area contributed by atoms with Crippen molar-refractivity contribution in [2.24, 2.45) is 0 Å². The number of aliphatic hydroxyl groups excluding tert-OH is 2. The van der Waals surface area contributed by atoms with Crippen molar-refractivity contribution >= 4 is 11.9 Å². The lowest BCUT2D eigenvalue weighted by atomic mass is 9.92. The summed E-state index contributed by atoms with van der Waals surface area (Å²) < 4.78 is 95.8. The molecule has 0 aliphatic carbocycles. The van der Waals surface area contributed by atoms with Gasteiger partial charge in [0.15, 0.2) is 0 Å². The molecule has 6 N–H and O–H groups in total. The fourth-order valence-electron chi connectivity index (χ4n) is 5.96. The van der Waals surface area contributed by atoms with Crippen LogP contribution in [0.25, 0.3) is 11.1 Å². The van der Waals surface area contributed by atoms with Crippen LogP contribution >= 0.6 is 0 Å². The number of carbonyl (C=O) groups is 2. The Balaban J connectivity index is 1.47. The van der Waals surface area contributed by atoms with Crippen molar-refractivity contribution in [3.63, 3.8) is 0 Å². The molecule has 0 heterocycles. The third-order valence-corrected chi connectivity index (χ3v) is 8.89. The van der Waals surface area contributed by atoms with E-state index in [2.05, 4.69) is 10.6 Å². The van der Waals surface area contributed by atoms with Crippen LogP contribution < -0.4 is 20.1 Å². The van der Waals surface area contributed by atoms with Gasteiger partial charge in [-0.3, -0.25) is 9.59 Å². The summed E-state index contributed by atoms with van der Waals surface area (Å²) in [5.74, 6) is -3.21. The quantitative estimate of drug-likeness (QED) is 0.0546. The zero-order valence-electron chi connectivity index (χ0n) is 30.4. The molecule has 10 nitrogen and oxygen atoms in total. The zero-order chi connectivity index (χ0) is 41.2. The molecule has 4 aromatic carbocycles. The fraction of sp³-hybridized carbons (Fsp3) is 0.350. The maximum absolute atomic E-state index is 14.1. The van der Waals surface area contributed by atoms with Gasteiger partial charge in [0.05, 0.1) is 36.2 Å². The molecular weight excluding hydrogens is 750 g/mol. The number of ether oxygens (including phenoxy) is 2. The van der Waals surface area contributed by atoms with E-state index >= 15 is 0 Å². The number of halogens is 6. The first kappa shape index (κ1) is 43.6. The highest BCUT2D eigenvalue weighted by Crippen LogP contribution is 2.39. The summed E-state index contributed by atoms with van der Waals surface area (Å²) in [6.45, 7) is 2.79. The molecule has 0 aromatic heterocycles. The summed E-state index contributed by atoms with van der Waals surface area (Å²) >= 11 is 0. The molecular formula is C40H42F6N2O8. The van der Waals surface area contributed by atoms with Crippen molar-refractivity contribution in [1.29, 1.82) is 0 Å². The Bertz CT molecular complexity index is 1840. The van der Waals surface area contributed by atoms with E-state index in [1.165, 1.54) is 24.3 Å². The third-order valence-electron chi connectivity index (χ3n) is 8.89. The molecule has 0 aliphatic heterocycles. The number of hydrogen-bond acceptors (Lipinski definition) is 8. The monoisotopic (exact) mass is 792 g/mol. The van der Waals surface area contributed by atoms with E-state index in [0.29, 0.717) is 22.3 Å². The number of aliphatic hydroxyl groups is 2. The molecule has 0 aliphatic rings. The Labute approximate surface area is 318 Å². The topological polar surface area (TPSA) is 158 Å². The SMILES string of the molecule is Cc1c(COc2ccc(CNC[C@@H](O)CC(=O)O)cc2C(F)(F)F)cccc1-c1cccc(COc2ccc(CNC[C@@H](O)CC(=O)O)cc2C(F)(F)F)c1C. The summed E-state index contributed by atoms with van der Waals surface area (Å²) in [7, 11) is 0. The Morgan fingerprint density at radius 2 is 1.00 bits per heavy atom. The Kier molecular flexibility index (Phi) is 14.9. The second-order valence-corrected chi connectivity index (χ2v) is 13.2. The second kappa shape index (κ2) is 19.1. The Hall–Kier alpha value is -5.16. The van der Waals surface area contributed by atoms with Gasteiger partial charge in [0.1, 0.15) is 24.7 Å². The molecule has 302 valence electrons. The highest BCUT2D eigenvalue weighted by molar-refractivity contribution is 5.72. The molecule has 0 saturated carbocycles. The van der Waals surface area contributed by atoms with Gasteiger partial charge in [0, 0.05) is 26.2 Å². The molecule has 0 unspecified atom stereocenters. The number of nitrogens with one attached hydrogen (secondary N) is 2. The van der Waals surface area contributed by atoms with Crippen LogP contribution in [0.1, 0.15) is 57.3 Å². The van der Waals surface area contributed by atoms with Gasteiger partial charge in [-0.2, -0.15) is 26.3 Å². The Morgan fingerprint density at radius 1 is 0.625 bits per heavy atom. The molecule has 0 spiro atoms. The van der Waals surface area contributed by atoms with Crippen molar-refractivity contribution in [2.75, 3.05) is 13.1 Å². The summed E-state index contributed by atoms with van der Waals surface area (Å²) in [4.78, 5) is 21.5. The lowest BCUT2D eigenvalue weighted by molar-refractivity contribution is -0.140. The number of benzene rings is 4. The van der Waals surface area contributed by atoms with E-state index in [0.717, 1.165) is 23.3 Å². The van der Waals surface area contributed by atoms with Crippen LogP contribution in [0.2, 0.25) is 0 Å². The molecule has 0 fully saturated rings. The van der Waals surface area contributed by atoms with E-state index in [1.54, 1.807) is 38.1 Å². The number of rotatable bonds is 19. The number of alkyl halides is 6. The molecule has 0 amide bonds. The molecule has 2 atom stereocenters. The van der Waals surface area contributed by atoms with Gasteiger partial charge in [0.2, 0.25) is 0 Å². The summed E-state index contributed by atoms with van der Waals surface area (Å²) in [5, 5.41) is 42.4. The molecule has 0 radical (unpaired) electrons. The lowest BCUT2D eigenvalue weighted by Gasteiger charge is -2.19. The van der Waals surface area contributed by atoms with Crippen LogP contribution in [0.3, 0.4) is 0 Å². The maximum atomic E-state index is 14.1. The third kappa shape index (κ3) is 12.4. The maximum Gasteiger partial charge on any atom is 0.419 e. The first-order chi connectivity index (χ1) is 26.3. The normalized spacial score (nSPS) is 13.0. The summed E-state index contributed by atoms with van der Waals surface area (Å²) in [6, 6.07) is 17.6. The molecule has 0 bridgehead atoms. The zero-order valence-corrected chi connectivity index (χ0v) is 30.4. The largest absolute Gasteiger partial charge is 0.488 e. The second-order valence-electron chi connectivity index (χ2n) is 13.2.